The Labute approximate surface area is 132 Å². The Balaban J connectivity index is 1.81. The highest BCUT2D eigenvalue weighted by molar-refractivity contribution is 9.10. The Kier molecular flexibility index (Phi) is 3.64. The molecule has 8 heteroatoms. The predicted molar refractivity (Wildman–Crippen MR) is 85.9 cm³/mol. The quantitative estimate of drug-likeness (QED) is 0.559. The molecule has 0 unspecified atom stereocenters. The number of fused-ring (bicyclic) bond motifs is 1. The molecule has 1 aromatic carbocycles. The molecule has 0 aliphatic rings. The summed E-state index contributed by atoms with van der Waals surface area (Å²) in [5.74, 6) is 0. The van der Waals surface area contributed by atoms with Gasteiger partial charge in [-0.3, -0.25) is 14.5 Å². The molecule has 6 nitrogen and oxygen atoms in total. The van der Waals surface area contributed by atoms with E-state index in [0.29, 0.717) is 11.0 Å². The number of benzene rings is 1. The first-order chi connectivity index (χ1) is 10.1. The number of nitro groups is 1. The van der Waals surface area contributed by atoms with Gasteiger partial charge in [0.15, 0.2) is 4.96 Å². The smallest absolute Gasteiger partial charge is 0.283 e. The Hall–Kier alpha value is -1.93. The zero-order valence-electron chi connectivity index (χ0n) is 11.0. The zero-order chi connectivity index (χ0) is 15.0. The van der Waals surface area contributed by atoms with Gasteiger partial charge >= 0.3 is 0 Å². The fraction of sp³-hybridized carbons (Fsp3) is 0.154. The van der Waals surface area contributed by atoms with Crippen LogP contribution in [-0.4, -0.2) is 14.3 Å². The molecule has 0 aliphatic heterocycles. The summed E-state index contributed by atoms with van der Waals surface area (Å²) in [6.07, 6.45) is 1.99. The molecule has 0 bridgehead atoms. The lowest BCUT2D eigenvalue weighted by atomic mass is 10.2. The van der Waals surface area contributed by atoms with Crippen LogP contribution in [0.4, 0.5) is 11.4 Å². The van der Waals surface area contributed by atoms with Crippen molar-refractivity contribution in [1.82, 2.24) is 9.38 Å². The molecule has 2 aromatic heterocycles. The summed E-state index contributed by atoms with van der Waals surface area (Å²) in [4.78, 5) is 15.8. The topological polar surface area (TPSA) is 72.5 Å². The predicted octanol–water partition coefficient (Wildman–Crippen LogP) is 3.99. The maximum Gasteiger partial charge on any atom is 0.283 e. The molecule has 0 aliphatic carbocycles. The molecule has 0 radical (unpaired) electrons. The number of halogens is 1. The summed E-state index contributed by atoms with van der Waals surface area (Å²) >= 11 is 4.81. The molecule has 3 rings (SSSR count). The van der Waals surface area contributed by atoms with Gasteiger partial charge in [0.25, 0.3) is 5.69 Å². The van der Waals surface area contributed by atoms with E-state index in [1.165, 1.54) is 6.07 Å². The first kappa shape index (κ1) is 14.0. The fourth-order valence-electron chi connectivity index (χ4n) is 2.10. The molecule has 0 saturated carbocycles. The number of aryl methyl sites for hydroxylation is 1. The molecule has 0 atom stereocenters. The second-order valence-electron chi connectivity index (χ2n) is 4.48. The van der Waals surface area contributed by atoms with Crippen LogP contribution in [0.1, 0.15) is 11.4 Å². The number of thiazole rings is 1. The van der Waals surface area contributed by atoms with Crippen LogP contribution >= 0.6 is 27.3 Å². The van der Waals surface area contributed by atoms with Crippen LogP contribution in [0, 0.1) is 17.0 Å². The van der Waals surface area contributed by atoms with Crippen molar-refractivity contribution in [3.05, 3.63) is 55.8 Å². The van der Waals surface area contributed by atoms with Crippen LogP contribution in [0.25, 0.3) is 4.96 Å². The van der Waals surface area contributed by atoms with Gasteiger partial charge in [-0.05, 0) is 35.0 Å². The molecule has 21 heavy (non-hydrogen) atoms. The fourth-order valence-corrected chi connectivity index (χ4v) is 3.41. The van der Waals surface area contributed by atoms with E-state index in [4.69, 9.17) is 0 Å². The number of anilines is 1. The normalized spacial score (nSPS) is 11.0. The van der Waals surface area contributed by atoms with Crippen LogP contribution in [0.5, 0.6) is 0 Å². The molecule has 108 valence electrons. The molecular formula is C13H11BrN4O2S. The van der Waals surface area contributed by atoms with Gasteiger partial charge in [0, 0.05) is 23.3 Å². The lowest BCUT2D eigenvalue weighted by Crippen LogP contribution is -2.03. The summed E-state index contributed by atoms with van der Waals surface area (Å²) in [5, 5.41) is 16.0. The maximum absolute atomic E-state index is 10.8. The van der Waals surface area contributed by atoms with Gasteiger partial charge in [-0.1, -0.05) is 0 Å². The minimum Gasteiger partial charge on any atom is -0.379 e. The Morgan fingerprint density at radius 3 is 3.05 bits per heavy atom. The standard InChI is InChI=1S/C13H11BrN4O2S/c1-8-12(17-4-5-21-13(17)16-8)7-15-9-2-3-11(18(19)20)10(14)6-9/h2-6,15H,7H2,1H3. The lowest BCUT2D eigenvalue weighted by molar-refractivity contribution is -0.385. The van der Waals surface area contributed by atoms with Crippen LogP contribution in [-0.2, 0) is 6.54 Å². The number of nitrogens with zero attached hydrogens (tertiary/aromatic N) is 3. The van der Waals surface area contributed by atoms with E-state index in [1.807, 2.05) is 22.9 Å². The number of nitrogens with one attached hydrogen (secondary N) is 1. The van der Waals surface area contributed by atoms with E-state index < -0.39 is 4.92 Å². The van der Waals surface area contributed by atoms with E-state index in [9.17, 15) is 10.1 Å². The van der Waals surface area contributed by atoms with Crippen molar-refractivity contribution >= 4 is 43.6 Å². The summed E-state index contributed by atoms with van der Waals surface area (Å²) in [7, 11) is 0. The highest BCUT2D eigenvalue weighted by Gasteiger charge is 2.13. The summed E-state index contributed by atoms with van der Waals surface area (Å²) in [6, 6.07) is 4.89. The second kappa shape index (κ2) is 5.45. The highest BCUT2D eigenvalue weighted by Crippen LogP contribution is 2.28. The maximum atomic E-state index is 10.8. The van der Waals surface area contributed by atoms with E-state index in [-0.39, 0.29) is 5.69 Å². The minimum absolute atomic E-state index is 0.0568. The molecular weight excluding hydrogens is 356 g/mol. The molecule has 0 amide bonds. The Morgan fingerprint density at radius 2 is 2.33 bits per heavy atom. The first-order valence-corrected chi connectivity index (χ1v) is 7.82. The van der Waals surface area contributed by atoms with Gasteiger partial charge in [-0.15, -0.1) is 11.3 Å². The van der Waals surface area contributed by atoms with E-state index in [1.54, 1.807) is 23.5 Å². The van der Waals surface area contributed by atoms with Gasteiger partial charge in [0.05, 0.1) is 27.3 Å². The van der Waals surface area contributed by atoms with Crippen molar-refractivity contribution < 1.29 is 4.92 Å². The van der Waals surface area contributed by atoms with Gasteiger partial charge in [0.1, 0.15) is 0 Å². The van der Waals surface area contributed by atoms with Gasteiger partial charge in [-0.2, -0.15) is 0 Å². The van der Waals surface area contributed by atoms with Crippen molar-refractivity contribution in [2.24, 2.45) is 0 Å². The highest BCUT2D eigenvalue weighted by atomic mass is 79.9. The molecule has 3 aromatic rings. The average Bonchev–Trinajstić information content (AvgIpc) is 2.97. The average molecular weight is 367 g/mol. The molecule has 0 spiro atoms. The summed E-state index contributed by atoms with van der Waals surface area (Å²) in [6.45, 7) is 2.58. The Morgan fingerprint density at radius 1 is 1.52 bits per heavy atom. The monoisotopic (exact) mass is 366 g/mol. The molecule has 1 N–H and O–H groups in total. The zero-order valence-corrected chi connectivity index (χ0v) is 13.4. The Bertz CT molecular complexity index is 827. The van der Waals surface area contributed by atoms with Gasteiger partial charge in [-0.25, -0.2) is 4.98 Å². The largest absolute Gasteiger partial charge is 0.379 e. The van der Waals surface area contributed by atoms with Crippen LogP contribution in [0.3, 0.4) is 0 Å². The van der Waals surface area contributed by atoms with Crippen LogP contribution < -0.4 is 5.32 Å². The van der Waals surface area contributed by atoms with Crippen molar-refractivity contribution in [3.63, 3.8) is 0 Å². The van der Waals surface area contributed by atoms with Crippen LogP contribution in [0.15, 0.2) is 34.2 Å². The van der Waals surface area contributed by atoms with Crippen molar-refractivity contribution in [3.8, 4) is 0 Å². The number of imidazole rings is 1. The van der Waals surface area contributed by atoms with E-state index in [2.05, 4.69) is 26.2 Å². The number of rotatable bonds is 4. The number of aromatic nitrogens is 2. The molecule has 2 heterocycles. The van der Waals surface area contributed by atoms with Crippen molar-refractivity contribution in [2.45, 2.75) is 13.5 Å². The lowest BCUT2D eigenvalue weighted by Gasteiger charge is -2.07. The summed E-state index contributed by atoms with van der Waals surface area (Å²) < 4.78 is 2.51. The number of nitro benzene ring substituents is 1. The van der Waals surface area contributed by atoms with Crippen LogP contribution in [0.2, 0.25) is 0 Å². The van der Waals surface area contributed by atoms with E-state index >= 15 is 0 Å². The second-order valence-corrected chi connectivity index (χ2v) is 6.20. The third-order valence-electron chi connectivity index (χ3n) is 3.17. The SMILES string of the molecule is Cc1nc2sccn2c1CNc1ccc([N+](=O)[O-])c(Br)c1. The number of hydrogen-bond acceptors (Lipinski definition) is 5. The number of hydrogen-bond donors (Lipinski definition) is 1. The first-order valence-electron chi connectivity index (χ1n) is 6.15. The molecule has 0 fully saturated rings. The van der Waals surface area contributed by atoms with Crippen molar-refractivity contribution in [2.75, 3.05) is 5.32 Å². The third-order valence-corrected chi connectivity index (χ3v) is 4.56. The third kappa shape index (κ3) is 2.64. The van der Waals surface area contributed by atoms with Crippen molar-refractivity contribution in [1.29, 1.82) is 0 Å². The summed E-state index contributed by atoms with van der Waals surface area (Å²) in [5.41, 5.74) is 2.94. The molecule has 0 saturated heterocycles. The van der Waals surface area contributed by atoms with Gasteiger partial charge < -0.3 is 5.32 Å². The minimum atomic E-state index is -0.413. The van der Waals surface area contributed by atoms with E-state index in [0.717, 1.165) is 22.0 Å². The van der Waals surface area contributed by atoms with Gasteiger partial charge in [0.2, 0.25) is 0 Å².